The fourth-order valence-electron chi connectivity index (χ4n) is 2.01. The lowest BCUT2D eigenvalue weighted by Crippen LogP contribution is -2.38. The van der Waals surface area contributed by atoms with E-state index in [0.717, 1.165) is 0 Å². The molecule has 1 amide bonds. The summed E-state index contributed by atoms with van der Waals surface area (Å²) in [6, 6.07) is -0.323. The standard InChI is InChI=1S/C11H14ClN3O3S2/c1-15(7-3-4-20(17,18)6-7)10(16)9-8(12)5-13-11(14-9)19-2/h5,7H,3-4,6H2,1-2H3/t7-/m1/s1. The molecule has 2 heterocycles. The molecular formula is C11H14ClN3O3S2. The number of carbonyl (C=O) groups is 1. The van der Waals surface area contributed by atoms with Crippen LogP contribution in [0.1, 0.15) is 16.9 Å². The summed E-state index contributed by atoms with van der Waals surface area (Å²) in [5, 5.41) is 0.616. The average molecular weight is 336 g/mol. The molecule has 110 valence electrons. The SMILES string of the molecule is CSc1ncc(Cl)c(C(=O)N(C)[C@@H]2CCS(=O)(=O)C2)n1. The topological polar surface area (TPSA) is 80.2 Å². The van der Waals surface area contributed by atoms with E-state index in [0.29, 0.717) is 11.6 Å². The Hall–Kier alpha value is -0.860. The smallest absolute Gasteiger partial charge is 0.274 e. The summed E-state index contributed by atoms with van der Waals surface area (Å²) in [6.07, 6.45) is 3.63. The van der Waals surface area contributed by atoms with Crippen molar-refractivity contribution in [2.45, 2.75) is 17.6 Å². The maximum Gasteiger partial charge on any atom is 0.274 e. The molecule has 0 aliphatic carbocycles. The lowest BCUT2D eigenvalue weighted by atomic mass is 10.2. The van der Waals surface area contributed by atoms with Gasteiger partial charge in [0.25, 0.3) is 5.91 Å². The fourth-order valence-corrected chi connectivity index (χ4v) is 4.30. The molecule has 1 atom stereocenters. The minimum atomic E-state index is -3.04. The van der Waals surface area contributed by atoms with Gasteiger partial charge in [-0.05, 0) is 12.7 Å². The number of halogens is 1. The normalized spacial score (nSPS) is 20.9. The Bertz CT molecular complexity index is 636. The van der Waals surface area contributed by atoms with Crippen molar-refractivity contribution < 1.29 is 13.2 Å². The van der Waals surface area contributed by atoms with Crippen molar-refractivity contribution in [2.24, 2.45) is 0 Å². The maximum atomic E-state index is 12.4. The quantitative estimate of drug-likeness (QED) is 0.608. The van der Waals surface area contributed by atoms with Gasteiger partial charge in [0.2, 0.25) is 0 Å². The molecule has 1 aromatic rings. The third-order valence-corrected chi connectivity index (χ3v) is 5.77. The first kappa shape index (κ1) is 15.5. The van der Waals surface area contributed by atoms with Gasteiger partial charge in [0.05, 0.1) is 22.7 Å². The summed E-state index contributed by atoms with van der Waals surface area (Å²) in [5.74, 6) is -0.272. The lowest BCUT2D eigenvalue weighted by molar-refractivity contribution is 0.0741. The highest BCUT2D eigenvalue weighted by atomic mass is 35.5. The van der Waals surface area contributed by atoms with Crippen molar-refractivity contribution >= 4 is 39.1 Å². The third-order valence-electron chi connectivity index (χ3n) is 3.18. The van der Waals surface area contributed by atoms with Crippen molar-refractivity contribution in [1.29, 1.82) is 0 Å². The maximum absolute atomic E-state index is 12.4. The van der Waals surface area contributed by atoms with Crippen LogP contribution in [0.25, 0.3) is 0 Å². The summed E-state index contributed by atoms with van der Waals surface area (Å²) in [4.78, 5) is 21.9. The van der Waals surface area contributed by atoms with Gasteiger partial charge in [-0.25, -0.2) is 18.4 Å². The number of rotatable bonds is 3. The molecule has 0 aromatic carbocycles. The summed E-state index contributed by atoms with van der Waals surface area (Å²) in [5.41, 5.74) is 0.109. The molecule has 0 bridgehead atoms. The molecular weight excluding hydrogens is 322 g/mol. The van der Waals surface area contributed by atoms with Crippen molar-refractivity contribution in [1.82, 2.24) is 14.9 Å². The van der Waals surface area contributed by atoms with Crippen molar-refractivity contribution in [2.75, 3.05) is 24.8 Å². The van der Waals surface area contributed by atoms with Gasteiger partial charge in [-0.15, -0.1) is 0 Å². The highest BCUT2D eigenvalue weighted by molar-refractivity contribution is 7.98. The van der Waals surface area contributed by atoms with Gasteiger partial charge >= 0.3 is 0 Å². The van der Waals surface area contributed by atoms with Crippen LogP contribution in [-0.2, 0) is 9.84 Å². The minimum Gasteiger partial charge on any atom is -0.336 e. The van der Waals surface area contributed by atoms with Gasteiger partial charge in [0, 0.05) is 13.1 Å². The molecule has 1 fully saturated rings. The molecule has 9 heteroatoms. The van der Waals surface area contributed by atoms with Crippen molar-refractivity contribution in [3.8, 4) is 0 Å². The Morgan fingerprint density at radius 1 is 1.55 bits per heavy atom. The second kappa shape index (κ2) is 5.87. The van der Waals surface area contributed by atoms with Crippen LogP contribution in [-0.4, -0.2) is 60.0 Å². The predicted octanol–water partition coefficient (Wildman–Crippen LogP) is 1.11. The number of carbonyl (C=O) groups excluding carboxylic acids is 1. The second-order valence-electron chi connectivity index (χ2n) is 4.53. The van der Waals surface area contributed by atoms with Gasteiger partial charge in [-0.1, -0.05) is 23.4 Å². The summed E-state index contributed by atoms with van der Waals surface area (Å²) < 4.78 is 23.0. The largest absolute Gasteiger partial charge is 0.336 e. The summed E-state index contributed by atoms with van der Waals surface area (Å²) >= 11 is 7.26. The number of amides is 1. The van der Waals surface area contributed by atoms with E-state index in [1.54, 1.807) is 13.3 Å². The molecule has 20 heavy (non-hydrogen) atoms. The van der Waals surface area contributed by atoms with Crippen molar-refractivity contribution in [3.05, 3.63) is 16.9 Å². The number of hydrogen-bond acceptors (Lipinski definition) is 6. The van der Waals surface area contributed by atoms with Crippen LogP contribution in [0.5, 0.6) is 0 Å². The van der Waals surface area contributed by atoms with Gasteiger partial charge in [-0.2, -0.15) is 0 Å². The zero-order valence-corrected chi connectivity index (χ0v) is 13.4. The predicted molar refractivity (Wildman–Crippen MR) is 78.0 cm³/mol. The summed E-state index contributed by atoms with van der Waals surface area (Å²) in [7, 11) is -1.47. The molecule has 0 saturated carbocycles. The Kier molecular flexibility index (Phi) is 4.55. The Balaban J connectivity index is 2.23. The number of sulfone groups is 1. The van der Waals surface area contributed by atoms with Crippen LogP contribution >= 0.6 is 23.4 Å². The lowest BCUT2D eigenvalue weighted by Gasteiger charge is -2.23. The van der Waals surface area contributed by atoms with E-state index in [-0.39, 0.29) is 34.2 Å². The first-order chi connectivity index (χ1) is 9.34. The van der Waals surface area contributed by atoms with Gasteiger partial charge in [0.15, 0.2) is 20.7 Å². The van der Waals surface area contributed by atoms with E-state index in [4.69, 9.17) is 11.6 Å². The van der Waals surface area contributed by atoms with Crippen LogP contribution in [0, 0.1) is 0 Å². The van der Waals surface area contributed by atoms with E-state index >= 15 is 0 Å². The highest BCUT2D eigenvalue weighted by Crippen LogP contribution is 2.22. The second-order valence-corrected chi connectivity index (χ2v) is 7.94. The first-order valence-electron chi connectivity index (χ1n) is 5.88. The molecule has 1 saturated heterocycles. The molecule has 0 radical (unpaired) electrons. The number of nitrogens with zero attached hydrogens (tertiary/aromatic N) is 3. The van der Waals surface area contributed by atoms with E-state index in [9.17, 15) is 13.2 Å². The number of hydrogen-bond donors (Lipinski definition) is 0. The monoisotopic (exact) mass is 335 g/mol. The average Bonchev–Trinajstić information content (AvgIpc) is 2.78. The van der Waals surface area contributed by atoms with E-state index in [2.05, 4.69) is 9.97 Å². The van der Waals surface area contributed by atoms with E-state index < -0.39 is 9.84 Å². The first-order valence-corrected chi connectivity index (χ1v) is 9.30. The molecule has 1 aliphatic heterocycles. The zero-order valence-electron chi connectivity index (χ0n) is 11.0. The van der Waals surface area contributed by atoms with Crippen LogP contribution < -0.4 is 0 Å². The van der Waals surface area contributed by atoms with Gasteiger partial charge < -0.3 is 4.90 Å². The molecule has 1 aromatic heterocycles. The van der Waals surface area contributed by atoms with Gasteiger partial charge in [-0.3, -0.25) is 4.79 Å². The minimum absolute atomic E-state index is 0.00662. The zero-order chi connectivity index (χ0) is 14.9. The molecule has 0 unspecified atom stereocenters. The van der Waals surface area contributed by atoms with E-state index in [1.807, 2.05) is 0 Å². The highest BCUT2D eigenvalue weighted by Gasteiger charge is 2.34. The van der Waals surface area contributed by atoms with Crippen molar-refractivity contribution in [3.63, 3.8) is 0 Å². The van der Waals surface area contributed by atoms with Crippen LogP contribution in [0.15, 0.2) is 11.4 Å². The molecule has 1 aliphatic rings. The Morgan fingerprint density at radius 3 is 2.80 bits per heavy atom. The molecule has 0 spiro atoms. The Morgan fingerprint density at radius 2 is 2.25 bits per heavy atom. The van der Waals surface area contributed by atoms with Crippen LogP contribution in [0.3, 0.4) is 0 Å². The third kappa shape index (κ3) is 3.24. The summed E-state index contributed by atoms with van der Waals surface area (Å²) in [6.45, 7) is 0. The number of aromatic nitrogens is 2. The molecule has 6 nitrogen and oxygen atoms in total. The molecule has 2 rings (SSSR count). The Labute approximate surface area is 126 Å². The van der Waals surface area contributed by atoms with Crippen LogP contribution in [0.2, 0.25) is 5.02 Å². The van der Waals surface area contributed by atoms with E-state index in [1.165, 1.54) is 22.9 Å². The molecule has 0 N–H and O–H groups in total. The van der Waals surface area contributed by atoms with Gasteiger partial charge in [0.1, 0.15) is 0 Å². The fraction of sp³-hybridized carbons (Fsp3) is 0.545. The number of thioether (sulfide) groups is 1. The van der Waals surface area contributed by atoms with Crippen LogP contribution in [0.4, 0.5) is 0 Å².